The van der Waals surface area contributed by atoms with Gasteiger partial charge in [0.25, 0.3) is 10.0 Å². The minimum absolute atomic E-state index is 0.0237. The van der Waals surface area contributed by atoms with Crippen molar-refractivity contribution in [2.45, 2.75) is 70.7 Å². The van der Waals surface area contributed by atoms with Crippen molar-refractivity contribution >= 4 is 27.5 Å². The third-order valence-corrected chi connectivity index (χ3v) is 7.39. The molecule has 0 spiro atoms. The van der Waals surface area contributed by atoms with Gasteiger partial charge in [0.1, 0.15) is 10.7 Å². The molecule has 0 bridgehead atoms. The van der Waals surface area contributed by atoms with Gasteiger partial charge in [-0.1, -0.05) is 52.7 Å². The third-order valence-electron chi connectivity index (χ3n) is 6.01. The zero-order valence-electron chi connectivity index (χ0n) is 17.2. The van der Waals surface area contributed by atoms with Crippen LogP contribution in [0.3, 0.4) is 0 Å². The highest BCUT2D eigenvalue weighted by atomic mass is 32.2. The number of para-hydroxylation sites is 1. The molecular weight excluding hydrogens is 374 g/mol. The second-order valence-electron chi connectivity index (χ2n) is 9.09. The Kier molecular flexibility index (Phi) is 5.84. The van der Waals surface area contributed by atoms with Crippen LogP contribution in [0.2, 0.25) is 0 Å². The number of sulfonamides is 1. The monoisotopic (exact) mass is 405 g/mol. The first kappa shape index (κ1) is 20.8. The first-order chi connectivity index (χ1) is 13.1. The summed E-state index contributed by atoms with van der Waals surface area (Å²) >= 11 is 0. The zero-order valence-corrected chi connectivity index (χ0v) is 18.0. The third kappa shape index (κ3) is 4.74. The Morgan fingerprint density at radius 3 is 2.71 bits per heavy atom. The summed E-state index contributed by atoms with van der Waals surface area (Å²) in [5, 5.41) is 6.32. The maximum atomic E-state index is 12.7. The Bertz CT molecular complexity index is 877. The molecule has 2 aliphatic rings. The highest BCUT2D eigenvalue weighted by molar-refractivity contribution is 7.90. The van der Waals surface area contributed by atoms with Crippen molar-refractivity contribution in [2.24, 2.45) is 21.6 Å². The first-order valence-corrected chi connectivity index (χ1v) is 11.5. The van der Waals surface area contributed by atoms with Gasteiger partial charge in [-0.05, 0) is 35.8 Å². The highest BCUT2D eigenvalue weighted by Gasteiger charge is 2.32. The molecule has 1 aromatic carbocycles. The fraction of sp³-hybridized carbons (Fsp3) is 0.619. The van der Waals surface area contributed by atoms with Crippen molar-refractivity contribution in [1.82, 2.24) is 5.32 Å². The summed E-state index contributed by atoms with van der Waals surface area (Å²) in [6.07, 6.45) is 4.11. The molecule has 1 amide bonds. The van der Waals surface area contributed by atoms with Crippen LogP contribution in [-0.4, -0.2) is 26.2 Å². The number of carbonyl (C=O) groups is 1. The van der Waals surface area contributed by atoms with Gasteiger partial charge in [-0.2, -0.15) is 8.42 Å². The Balaban J connectivity index is 1.64. The molecule has 1 saturated carbocycles. The van der Waals surface area contributed by atoms with Gasteiger partial charge in [0, 0.05) is 18.9 Å². The molecule has 0 unspecified atom stereocenters. The maximum absolute atomic E-state index is 12.7. The highest BCUT2D eigenvalue weighted by Crippen LogP contribution is 2.33. The van der Waals surface area contributed by atoms with E-state index in [-0.39, 0.29) is 16.8 Å². The van der Waals surface area contributed by atoms with Gasteiger partial charge in [0.2, 0.25) is 5.91 Å². The fourth-order valence-electron chi connectivity index (χ4n) is 4.24. The standard InChI is InChI=1S/C21H31N3O3S/c1-14-8-7-10-16(15(14)2)23-20(25)13-21(3,4)12-19-22-17-9-5-6-11-18(17)28(26,27)24-19/h5-6,9,11,14-16H,7-8,10,12-13H2,1-4H3,(H,22,24)(H,23,25)/t14-,15+,16+/m1/s1. The maximum Gasteiger partial charge on any atom is 0.286 e. The van der Waals surface area contributed by atoms with Crippen molar-refractivity contribution in [3.63, 3.8) is 0 Å². The molecular formula is C21H31N3O3S. The Morgan fingerprint density at radius 2 is 1.96 bits per heavy atom. The van der Waals surface area contributed by atoms with Crippen molar-refractivity contribution in [3.8, 4) is 0 Å². The number of hydrogen-bond acceptors (Lipinski definition) is 4. The molecule has 1 aromatic rings. The molecule has 3 rings (SSSR count). The van der Waals surface area contributed by atoms with Gasteiger partial charge in [-0.15, -0.1) is 4.40 Å². The fourth-order valence-corrected chi connectivity index (χ4v) is 5.38. The van der Waals surface area contributed by atoms with Crippen LogP contribution in [0.5, 0.6) is 0 Å². The minimum atomic E-state index is -3.70. The number of amidine groups is 1. The molecule has 3 atom stereocenters. The van der Waals surface area contributed by atoms with Gasteiger partial charge < -0.3 is 10.6 Å². The lowest BCUT2D eigenvalue weighted by Gasteiger charge is -2.35. The number of hydrogen-bond donors (Lipinski definition) is 2. The number of rotatable bonds is 5. The van der Waals surface area contributed by atoms with Crippen LogP contribution < -0.4 is 10.6 Å². The summed E-state index contributed by atoms with van der Waals surface area (Å²) in [6, 6.07) is 6.97. The molecule has 0 saturated heterocycles. The summed E-state index contributed by atoms with van der Waals surface area (Å²) in [6.45, 7) is 8.40. The van der Waals surface area contributed by atoms with Gasteiger partial charge in [-0.25, -0.2) is 0 Å². The van der Waals surface area contributed by atoms with Crippen LogP contribution in [0, 0.1) is 17.3 Å². The van der Waals surface area contributed by atoms with E-state index >= 15 is 0 Å². The van der Waals surface area contributed by atoms with Crippen molar-refractivity contribution in [3.05, 3.63) is 24.3 Å². The average Bonchev–Trinajstić information content (AvgIpc) is 2.57. The molecule has 2 N–H and O–H groups in total. The van der Waals surface area contributed by atoms with E-state index < -0.39 is 15.4 Å². The van der Waals surface area contributed by atoms with E-state index in [0.717, 1.165) is 12.8 Å². The molecule has 0 radical (unpaired) electrons. The normalized spacial score (nSPS) is 26.6. The Labute approximate surface area is 168 Å². The van der Waals surface area contributed by atoms with Gasteiger partial charge >= 0.3 is 0 Å². The first-order valence-electron chi connectivity index (χ1n) is 10.1. The molecule has 6 nitrogen and oxygen atoms in total. The van der Waals surface area contributed by atoms with Crippen molar-refractivity contribution in [1.29, 1.82) is 0 Å². The van der Waals surface area contributed by atoms with E-state index in [1.807, 2.05) is 13.8 Å². The number of nitrogens with one attached hydrogen (secondary N) is 2. The summed E-state index contributed by atoms with van der Waals surface area (Å²) < 4.78 is 28.8. The summed E-state index contributed by atoms with van der Waals surface area (Å²) in [4.78, 5) is 12.8. The number of nitrogens with zero attached hydrogens (tertiary/aromatic N) is 1. The molecule has 1 aliphatic carbocycles. The van der Waals surface area contributed by atoms with E-state index in [4.69, 9.17) is 0 Å². The molecule has 0 aromatic heterocycles. The van der Waals surface area contributed by atoms with Gasteiger partial charge in [-0.3, -0.25) is 4.79 Å². The lowest BCUT2D eigenvalue weighted by Crippen LogP contribution is -2.45. The molecule has 1 heterocycles. The lowest BCUT2D eigenvalue weighted by atomic mass is 9.77. The van der Waals surface area contributed by atoms with E-state index in [9.17, 15) is 13.2 Å². The smallest absolute Gasteiger partial charge is 0.286 e. The number of amides is 1. The van der Waals surface area contributed by atoms with Crippen molar-refractivity contribution < 1.29 is 13.2 Å². The second kappa shape index (κ2) is 7.85. The topological polar surface area (TPSA) is 87.6 Å². The van der Waals surface area contributed by atoms with E-state index in [2.05, 4.69) is 28.9 Å². The quantitative estimate of drug-likeness (QED) is 0.776. The summed E-state index contributed by atoms with van der Waals surface area (Å²) in [5.74, 6) is 1.51. The van der Waals surface area contributed by atoms with Crippen LogP contribution in [0.15, 0.2) is 33.6 Å². The predicted octanol–water partition coefficient (Wildman–Crippen LogP) is 3.95. The van der Waals surface area contributed by atoms with Crippen LogP contribution in [0.25, 0.3) is 0 Å². The van der Waals surface area contributed by atoms with Crippen LogP contribution in [0.1, 0.15) is 59.8 Å². The summed E-state index contributed by atoms with van der Waals surface area (Å²) in [7, 11) is -3.70. The van der Waals surface area contributed by atoms with Crippen LogP contribution >= 0.6 is 0 Å². The second-order valence-corrected chi connectivity index (χ2v) is 10.7. The van der Waals surface area contributed by atoms with Gasteiger partial charge in [0.05, 0.1) is 5.69 Å². The van der Waals surface area contributed by atoms with Gasteiger partial charge in [0.15, 0.2) is 0 Å². The number of benzene rings is 1. The van der Waals surface area contributed by atoms with E-state index in [1.165, 1.54) is 6.42 Å². The van der Waals surface area contributed by atoms with Crippen LogP contribution in [0.4, 0.5) is 5.69 Å². The number of fused-ring (bicyclic) bond motifs is 1. The van der Waals surface area contributed by atoms with E-state index in [1.54, 1.807) is 24.3 Å². The summed E-state index contributed by atoms with van der Waals surface area (Å²) in [5.41, 5.74) is 0.124. The van der Waals surface area contributed by atoms with Crippen molar-refractivity contribution in [2.75, 3.05) is 5.32 Å². The minimum Gasteiger partial charge on any atom is -0.353 e. The SMILES string of the molecule is C[C@H]1[C@H](C)CCC[C@@H]1NC(=O)CC(C)(C)CC1=NS(=O)(=O)c2ccccc2N1. The van der Waals surface area contributed by atoms with E-state index in [0.29, 0.717) is 36.2 Å². The largest absolute Gasteiger partial charge is 0.353 e. The number of anilines is 1. The molecule has 154 valence electrons. The molecule has 7 heteroatoms. The predicted molar refractivity (Wildman–Crippen MR) is 112 cm³/mol. The van der Waals surface area contributed by atoms with Crippen LogP contribution in [-0.2, 0) is 14.8 Å². The molecule has 1 fully saturated rings. The Morgan fingerprint density at radius 1 is 1.25 bits per heavy atom. The Hall–Kier alpha value is -1.89. The molecule has 28 heavy (non-hydrogen) atoms. The lowest BCUT2D eigenvalue weighted by molar-refractivity contribution is -0.124. The average molecular weight is 406 g/mol. The zero-order chi connectivity index (χ0) is 20.5. The molecule has 1 aliphatic heterocycles. The number of carbonyl (C=O) groups excluding carboxylic acids is 1.